The molecule has 0 unspecified atom stereocenters. The highest BCUT2D eigenvalue weighted by Gasteiger charge is 2.08. The van der Waals surface area contributed by atoms with Gasteiger partial charge >= 0.3 is 5.97 Å². The number of carboxylic acids is 1. The Morgan fingerprint density at radius 2 is 1.82 bits per heavy atom. The summed E-state index contributed by atoms with van der Waals surface area (Å²) in [5.74, 6) is -0.334. The molecular formula is C18H13BrO3. The number of hydrogen-bond acceptors (Lipinski definition) is 2. The number of fused-ring (bicyclic) bond motifs is 1. The van der Waals surface area contributed by atoms with Crippen molar-refractivity contribution < 1.29 is 14.6 Å². The van der Waals surface area contributed by atoms with Crippen molar-refractivity contribution in [3.8, 4) is 5.75 Å². The van der Waals surface area contributed by atoms with Crippen molar-refractivity contribution in [2.24, 2.45) is 0 Å². The molecule has 0 bridgehead atoms. The van der Waals surface area contributed by atoms with Crippen molar-refractivity contribution in [2.45, 2.75) is 6.61 Å². The van der Waals surface area contributed by atoms with Crippen molar-refractivity contribution in [1.29, 1.82) is 0 Å². The molecule has 3 aromatic rings. The molecule has 3 aromatic carbocycles. The first-order valence-electron chi connectivity index (χ1n) is 6.77. The fraction of sp³-hybridized carbons (Fsp3) is 0.0556. The molecule has 3 rings (SSSR count). The zero-order chi connectivity index (χ0) is 15.5. The van der Waals surface area contributed by atoms with E-state index in [1.54, 1.807) is 12.1 Å². The molecule has 0 spiro atoms. The zero-order valence-electron chi connectivity index (χ0n) is 11.6. The molecule has 0 amide bonds. The second-order valence-electron chi connectivity index (χ2n) is 4.88. The van der Waals surface area contributed by atoms with Crippen molar-refractivity contribution >= 4 is 32.7 Å². The van der Waals surface area contributed by atoms with E-state index in [1.165, 1.54) is 11.5 Å². The molecule has 22 heavy (non-hydrogen) atoms. The Morgan fingerprint density at radius 1 is 1.05 bits per heavy atom. The molecule has 0 heterocycles. The van der Waals surface area contributed by atoms with E-state index in [9.17, 15) is 4.79 Å². The Kier molecular flexibility index (Phi) is 4.11. The average Bonchev–Trinajstić information content (AvgIpc) is 2.53. The van der Waals surface area contributed by atoms with E-state index in [0.717, 1.165) is 10.9 Å². The number of halogens is 1. The number of aromatic carboxylic acids is 1. The number of carbonyl (C=O) groups is 1. The van der Waals surface area contributed by atoms with Gasteiger partial charge in [-0.3, -0.25) is 0 Å². The van der Waals surface area contributed by atoms with Gasteiger partial charge in [-0.05, 0) is 50.5 Å². The molecule has 1 N–H and O–H groups in total. The minimum Gasteiger partial charge on any atom is -0.488 e. The summed E-state index contributed by atoms with van der Waals surface area (Å²) in [6.45, 7) is 0.423. The van der Waals surface area contributed by atoms with Gasteiger partial charge in [0.15, 0.2) is 0 Å². The highest BCUT2D eigenvalue weighted by atomic mass is 79.9. The lowest BCUT2D eigenvalue weighted by Crippen LogP contribution is -1.99. The highest BCUT2D eigenvalue weighted by Crippen LogP contribution is 2.28. The third-order valence-corrected chi connectivity index (χ3v) is 4.06. The summed E-state index contributed by atoms with van der Waals surface area (Å²) in [7, 11) is 0. The first-order chi connectivity index (χ1) is 10.6. The predicted octanol–water partition coefficient (Wildman–Crippen LogP) is 4.88. The van der Waals surface area contributed by atoms with Crippen LogP contribution in [-0.2, 0) is 6.61 Å². The maximum absolute atomic E-state index is 10.9. The van der Waals surface area contributed by atoms with Crippen LogP contribution in [0.15, 0.2) is 65.1 Å². The van der Waals surface area contributed by atoms with Crippen molar-refractivity contribution in [3.63, 3.8) is 0 Å². The minimum absolute atomic E-state index is 0.226. The largest absolute Gasteiger partial charge is 0.488 e. The summed E-state index contributed by atoms with van der Waals surface area (Å²) in [5.41, 5.74) is 1.32. The van der Waals surface area contributed by atoms with Crippen molar-refractivity contribution in [1.82, 2.24) is 0 Å². The van der Waals surface area contributed by atoms with Crippen LogP contribution in [-0.4, -0.2) is 11.1 Å². The summed E-state index contributed by atoms with van der Waals surface area (Å²) in [6.07, 6.45) is 0. The van der Waals surface area contributed by atoms with E-state index in [0.29, 0.717) is 16.8 Å². The van der Waals surface area contributed by atoms with E-state index in [1.807, 2.05) is 24.3 Å². The number of ether oxygens (including phenoxy) is 1. The standard InChI is InChI=1S/C18H13BrO3/c19-16-10-13(18(20)21)8-9-17(16)22-11-14-6-3-5-12-4-1-2-7-15(12)14/h1-10H,11H2,(H,20,21). The second kappa shape index (κ2) is 6.20. The summed E-state index contributed by atoms with van der Waals surface area (Å²) in [6, 6.07) is 19.0. The molecule has 3 nitrogen and oxygen atoms in total. The fourth-order valence-electron chi connectivity index (χ4n) is 2.32. The SMILES string of the molecule is O=C(O)c1ccc(OCc2cccc3ccccc23)c(Br)c1. The first kappa shape index (κ1) is 14.6. The Balaban J connectivity index is 1.84. The molecular weight excluding hydrogens is 344 g/mol. The van der Waals surface area contributed by atoms with Gasteiger partial charge < -0.3 is 9.84 Å². The van der Waals surface area contributed by atoms with Crippen LogP contribution in [0.5, 0.6) is 5.75 Å². The number of rotatable bonds is 4. The topological polar surface area (TPSA) is 46.5 Å². The van der Waals surface area contributed by atoms with Gasteiger partial charge in [0, 0.05) is 0 Å². The maximum Gasteiger partial charge on any atom is 0.335 e. The average molecular weight is 357 g/mol. The van der Waals surface area contributed by atoms with Gasteiger partial charge in [0.25, 0.3) is 0 Å². The smallest absolute Gasteiger partial charge is 0.335 e. The monoisotopic (exact) mass is 356 g/mol. The third-order valence-electron chi connectivity index (χ3n) is 3.44. The summed E-state index contributed by atoms with van der Waals surface area (Å²) >= 11 is 3.35. The van der Waals surface area contributed by atoms with Crippen LogP contribution in [0.25, 0.3) is 10.8 Å². The quantitative estimate of drug-likeness (QED) is 0.724. The lowest BCUT2D eigenvalue weighted by molar-refractivity contribution is 0.0696. The van der Waals surface area contributed by atoms with E-state index >= 15 is 0 Å². The molecule has 0 saturated heterocycles. The summed E-state index contributed by atoms with van der Waals surface area (Å²) < 4.78 is 6.46. The number of carboxylic acid groups (broad SMARTS) is 1. The molecule has 0 fully saturated rings. The van der Waals surface area contributed by atoms with E-state index in [4.69, 9.17) is 9.84 Å². The fourth-order valence-corrected chi connectivity index (χ4v) is 2.82. The van der Waals surface area contributed by atoms with Gasteiger partial charge in [0.05, 0.1) is 10.0 Å². The molecule has 0 aliphatic heterocycles. The molecule has 0 aliphatic carbocycles. The van der Waals surface area contributed by atoms with E-state index < -0.39 is 5.97 Å². The normalized spacial score (nSPS) is 10.6. The molecule has 0 saturated carbocycles. The maximum atomic E-state index is 10.9. The lowest BCUT2D eigenvalue weighted by atomic mass is 10.1. The Morgan fingerprint density at radius 3 is 2.59 bits per heavy atom. The Labute approximate surface area is 136 Å². The third kappa shape index (κ3) is 2.97. The van der Waals surface area contributed by atoms with Crippen LogP contribution in [0, 0.1) is 0 Å². The predicted molar refractivity (Wildman–Crippen MR) is 89.4 cm³/mol. The highest BCUT2D eigenvalue weighted by molar-refractivity contribution is 9.10. The molecule has 0 atom stereocenters. The van der Waals surface area contributed by atoms with E-state index in [-0.39, 0.29) is 5.56 Å². The van der Waals surface area contributed by atoms with Gasteiger partial charge in [-0.1, -0.05) is 42.5 Å². The van der Waals surface area contributed by atoms with Crippen molar-refractivity contribution in [2.75, 3.05) is 0 Å². The number of hydrogen-bond donors (Lipinski definition) is 1. The van der Waals surface area contributed by atoms with Crippen molar-refractivity contribution in [3.05, 3.63) is 76.3 Å². The van der Waals surface area contributed by atoms with Crippen LogP contribution >= 0.6 is 15.9 Å². The van der Waals surface area contributed by atoms with Crippen LogP contribution in [0.3, 0.4) is 0 Å². The summed E-state index contributed by atoms with van der Waals surface area (Å²) in [4.78, 5) is 10.9. The molecule has 4 heteroatoms. The minimum atomic E-state index is -0.957. The van der Waals surface area contributed by atoms with E-state index in [2.05, 4.69) is 34.1 Å². The first-order valence-corrected chi connectivity index (χ1v) is 7.57. The molecule has 0 aliphatic rings. The van der Waals surface area contributed by atoms with Crippen LogP contribution in [0.1, 0.15) is 15.9 Å². The number of benzene rings is 3. The molecule has 110 valence electrons. The van der Waals surface area contributed by atoms with Crippen LogP contribution in [0.4, 0.5) is 0 Å². The van der Waals surface area contributed by atoms with Gasteiger partial charge in [0.2, 0.25) is 0 Å². The lowest BCUT2D eigenvalue weighted by Gasteiger charge is -2.11. The zero-order valence-corrected chi connectivity index (χ0v) is 13.2. The Hall–Kier alpha value is -2.33. The van der Waals surface area contributed by atoms with Gasteiger partial charge in [-0.15, -0.1) is 0 Å². The van der Waals surface area contributed by atoms with Crippen LogP contribution < -0.4 is 4.74 Å². The van der Waals surface area contributed by atoms with Crippen LogP contribution in [0.2, 0.25) is 0 Å². The second-order valence-corrected chi connectivity index (χ2v) is 5.73. The van der Waals surface area contributed by atoms with Gasteiger partial charge in [0.1, 0.15) is 12.4 Å². The van der Waals surface area contributed by atoms with Gasteiger partial charge in [-0.2, -0.15) is 0 Å². The Bertz CT molecular complexity index is 837. The summed E-state index contributed by atoms with van der Waals surface area (Å²) in [5, 5.41) is 11.3. The molecule has 0 radical (unpaired) electrons. The van der Waals surface area contributed by atoms with Gasteiger partial charge in [-0.25, -0.2) is 4.79 Å². The molecule has 0 aromatic heterocycles.